The van der Waals surface area contributed by atoms with Crippen molar-refractivity contribution in [1.29, 1.82) is 0 Å². The Morgan fingerprint density at radius 2 is 0.731 bits per heavy atom. The lowest BCUT2D eigenvalue weighted by Gasteiger charge is -2.33. The van der Waals surface area contributed by atoms with Crippen molar-refractivity contribution in [2.24, 2.45) is 11.8 Å². The molecule has 0 N–H and O–H groups in total. The molecule has 6 nitrogen and oxygen atoms in total. The van der Waals surface area contributed by atoms with Crippen LogP contribution in [0.15, 0.2) is 103 Å². The average molecular weight is 1540 g/mol. The van der Waals surface area contributed by atoms with Crippen LogP contribution in [0.2, 0.25) is 18.1 Å². The van der Waals surface area contributed by atoms with Gasteiger partial charge in [-0.3, -0.25) is 19.2 Å². The summed E-state index contributed by atoms with van der Waals surface area (Å²) in [5.41, 5.74) is 6.35. The first-order valence-corrected chi connectivity index (χ1v) is 49.9. The molecule has 4 amide bonds. The predicted octanol–water partition coefficient (Wildman–Crippen LogP) is 25.5. The van der Waals surface area contributed by atoms with Crippen LogP contribution in [0.5, 0.6) is 0 Å². The molecule has 4 aliphatic rings. The Bertz CT molecular complexity index is 4430. The molecule has 0 fully saturated rings. The molecule has 14 heteroatoms. The average Bonchev–Trinajstić information content (AvgIpc) is 1.55. The monoisotopic (exact) mass is 1530 g/mol. The van der Waals surface area contributed by atoms with Crippen molar-refractivity contribution in [1.82, 2.24) is 0 Å². The molecule has 0 radical (unpaired) electrons. The molecule has 4 atom stereocenters. The van der Waals surface area contributed by atoms with Gasteiger partial charge < -0.3 is 0 Å². The van der Waals surface area contributed by atoms with Crippen LogP contribution in [0.3, 0.4) is 0 Å². The van der Waals surface area contributed by atoms with Gasteiger partial charge in [0, 0.05) is 48.8 Å². The van der Waals surface area contributed by atoms with Gasteiger partial charge in [-0.1, -0.05) is 257 Å². The van der Waals surface area contributed by atoms with E-state index in [0.717, 1.165) is 43.1 Å². The third kappa shape index (κ3) is 15.9. The van der Waals surface area contributed by atoms with Crippen molar-refractivity contribution in [3.8, 4) is 39.0 Å². The van der Waals surface area contributed by atoms with Crippen LogP contribution >= 0.6 is 68.0 Å². The summed E-state index contributed by atoms with van der Waals surface area (Å²) in [7, 11) is -4.40. The van der Waals surface area contributed by atoms with Gasteiger partial charge >= 0.3 is 0 Å². The van der Waals surface area contributed by atoms with Crippen LogP contribution in [0, 0.1) is 39.5 Å². The van der Waals surface area contributed by atoms with Gasteiger partial charge in [-0.15, -0.1) is 68.0 Å². The number of amides is 4. The number of unbranched alkanes of at least 4 members (excludes halogenated alkanes) is 17. The Morgan fingerprint density at radius 1 is 0.356 bits per heavy atom. The summed E-state index contributed by atoms with van der Waals surface area (Å²) in [6, 6.07) is 41.6. The number of hydrogen-bond donors (Lipinski definition) is 0. The fraction of sp³-hybridized carbons (Fsp3) is 0.489. The molecule has 13 rings (SSSR count). The molecule has 104 heavy (non-hydrogen) atoms. The van der Waals surface area contributed by atoms with Gasteiger partial charge in [-0.2, -0.15) is 0 Å². The lowest BCUT2D eigenvalue weighted by Crippen LogP contribution is -2.65. The van der Waals surface area contributed by atoms with E-state index in [0.29, 0.717) is 39.5 Å². The number of rotatable bonds is 38. The van der Waals surface area contributed by atoms with E-state index in [1.165, 1.54) is 251 Å². The molecule has 3 aromatic carbocycles. The van der Waals surface area contributed by atoms with E-state index in [4.69, 9.17) is 0 Å². The summed E-state index contributed by atoms with van der Waals surface area (Å²) in [6.07, 6.45) is 35.4. The lowest BCUT2D eigenvalue weighted by molar-refractivity contribution is 0.0910. The summed E-state index contributed by atoms with van der Waals surface area (Å²) in [5, 5.41) is 7.94. The normalized spacial score (nSPS) is 16.9. The van der Waals surface area contributed by atoms with E-state index in [1.807, 2.05) is 83.5 Å². The molecule has 0 bridgehead atoms. The number of nitrogens with zero attached hydrogens (tertiary/aromatic N) is 2. The van der Waals surface area contributed by atoms with E-state index >= 15 is 0 Å². The van der Waals surface area contributed by atoms with Crippen LogP contribution < -0.4 is 35.7 Å². The molecule has 4 unspecified atom stereocenters. The molecular weight excluding hydrogens is 1420 g/mol. The molecule has 0 saturated carbocycles. The quantitative estimate of drug-likeness (QED) is 0.0220. The van der Waals surface area contributed by atoms with Gasteiger partial charge in [-0.05, 0) is 169 Å². The third-order valence-corrected chi connectivity index (χ3v) is 41.9. The Kier molecular flexibility index (Phi) is 26.9. The van der Waals surface area contributed by atoms with Crippen molar-refractivity contribution in [3.05, 3.63) is 156 Å². The second kappa shape index (κ2) is 35.7. The number of thiophene rings is 6. The topological polar surface area (TPSA) is 74.8 Å². The zero-order chi connectivity index (χ0) is 73.2. The van der Waals surface area contributed by atoms with Crippen LogP contribution in [0.25, 0.3) is 39.0 Å². The minimum absolute atomic E-state index is 0.157. The van der Waals surface area contributed by atoms with Gasteiger partial charge in [0.25, 0.3) is 23.6 Å². The Morgan fingerprint density at radius 3 is 1.20 bits per heavy atom. The van der Waals surface area contributed by atoms with Crippen molar-refractivity contribution in [2.75, 3.05) is 9.80 Å². The summed E-state index contributed by atoms with van der Waals surface area (Å²) < 4.78 is 0. The number of carbonyl (C=O) groups excluding carboxylic acids is 4. The number of fused-ring (bicyclic) bond motifs is 8. The SMILES string of the molecule is CCCCCCCCc1ccc(N2C(=O)c3c(C)sc(-c4cc5c(s4)-c4sc(C)cc4[Si]5(CC(CC)CCCC)c4ccccc4)c3C2=O)cc1.CCCCCCCCc1ccc(N2C(=O)c3c(C)sc(-c4cc5c(s4)-c4sc(C)cc4[Si]5(CCCCCCCC)CC(CC)CCCC)c3C2=O)cc1. The minimum atomic E-state index is -2.35. The van der Waals surface area contributed by atoms with Gasteiger partial charge in [0.05, 0.1) is 43.4 Å². The molecule has 0 saturated heterocycles. The summed E-state index contributed by atoms with van der Waals surface area (Å²) >= 11 is 11.0. The second-order valence-electron chi connectivity index (χ2n) is 30.8. The Hall–Kier alpha value is -5.43. The third-order valence-electron chi connectivity index (χ3n) is 23.4. The van der Waals surface area contributed by atoms with E-state index < -0.39 is 16.1 Å². The molecule has 6 aromatic heterocycles. The maximum absolute atomic E-state index is 14.4. The maximum atomic E-state index is 14.4. The number of benzene rings is 3. The summed E-state index contributed by atoms with van der Waals surface area (Å²) in [5.74, 6) is 0.725. The van der Waals surface area contributed by atoms with Crippen LogP contribution in [-0.2, 0) is 12.8 Å². The number of hydrogen-bond acceptors (Lipinski definition) is 10. The predicted molar refractivity (Wildman–Crippen MR) is 461 cm³/mol. The highest BCUT2D eigenvalue weighted by atomic mass is 32.1. The van der Waals surface area contributed by atoms with E-state index in [-0.39, 0.29) is 23.6 Å². The maximum Gasteiger partial charge on any atom is 0.267 e. The lowest BCUT2D eigenvalue weighted by atomic mass is 10.0. The van der Waals surface area contributed by atoms with Gasteiger partial charge in [0.2, 0.25) is 0 Å². The molecule has 9 aromatic rings. The van der Waals surface area contributed by atoms with Crippen molar-refractivity contribution in [2.45, 2.75) is 274 Å². The van der Waals surface area contributed by atoms with Crippen LogP contribution in [0.4, 0.5) is 11.4 Å². The minimum Gasteiger partial charge on any atom is -0.268 e. The van der Waals surface area contributed by atoms with Gasteiger partial charge in [0.15, 0.2) is 8.07 Å². The molecule has 0 spiro atoms. The first-order chi connectivity index (χ1) is 50.6. The van der Waals surface area contributed by atoms with E-state index in [2.05, 4.69) is 141 Å². The van der Waals surface area contributed by atoms with Gasteiger partial charge in [-0.25, -0.2) is 9.80 Å². The van der Waals surface area contributed by atoms with Crippen LogP contribution in [0.1, 0.15) is 287 Å². The molecule has 10 heterocycles. The van der Waals surface area contributed by atoms with E-state index in [9.17, 15) is 19.2 Å². The smallest absolute Gasteiger partial charge is 0.267 e. The van der Waals surface area contributed by atoms with Crippen molar-refractivity contribution in [3.63, 3.8) is 0 Å². The highest BCUT2D eigenvalue weighted by Crippen LogP contribution is 2.52. The molecule has 4 aliphatic heterocycles. The number of carbonyl (C=O) groups is 4. The van der Waals surface area contributed by atoms with Crippen molar-refractivity contribution >= 4 is 145 Å². The first-order valence-electron chi connectivity index (χ1n) is 40.4. The van der Waals surface area contributed by atoms with Crippen molar-refractivity contribution < 1.29 is 19.2 Å². The molecule has 552 valence electrons. The Balaban J connectivity index is 0.000000196. The highest BCUT2D eigenvalue weighted by Gasteiger charge is 2.53. The zero-order valence-electron chi connectivity index (χ0n) is 64.4. The van der Waals surface area contributed by atoms with Gasteiger partial charge in [0.1, 0.15) is 8.07 Å². The summed E-state index contributed by atoms with van der Waals surface area (Å²) in [6.45, 7) is 24.8. The number of imide groups is 2. The number of anilines is 2. The summed E-state index contributed by atoms with van der Waals surface area (Å²) in [4.78, 5) is 74.4. The van der Waals surface area contributed by atoms with E-state index in [1.54, 1.807) is 38.2 Å². The highest BCUT2D eigenvalue weighted by molar-refractivity contribution is 7.34. The Labute approximate surface area is 649 Å². The second-order valence-corrected chi connectivity index (χ2v) is 45.8. The zero-order valence-corrected chi connectivity index (χ0v) is 71.3. The first kappa shape index (κ1) is 78.2. The molecular formula is C90H114N2O4S6Si2. The standard InChI is InChI=1S/C46H63NO2S3Si.C44H51NO2S3Si/c1-7-11-14-16-18-20-23-35-24-26-36(27-25-35)47-45(48)40-33(6)51-42(41(40)46(47)49)37-30-39-44(52-37)43-38(29-32(5)50-43)53(39,28-21-19-17-15-12-8-2)31-34(10-4)22-13-9-3;1-6-9-11-12-13-15-19-32-22-24-33(25-23-32)45-43(46)38-30(5)49-40(39(38)44(45)47)35-27-37-42(50-35)41-36(26-29(4)48-41)51(37,34-20-16-14-17-21-34)28-31(8-3)18-10-7-2/h24-27,29-30,34H,7-23,28,31H2,1-6H3;14,16-17,20-27,31H,6-13,15,18-19,28H2,1-5H3. The largest absolute Gasteiger partial charge is 0.268 e. The fourth-order valence-electron chi connectivity index (χ4n) is 17.6. The fourth-order valence-corrected chi connectivity index (χ4v) is 39.4. The van der Waals surface area contributed by atoms with Crippen LogP contribution in [-0.4, -0.2) is 39.8 Å². The molecule has 0 aliphatic carbocycles. The number of aryl methyl sites for hydroxylation is 6.